The van der Waals surface area contributed by atoms with Crippen LogP contribution in [0.1, 0.15) is 17.2 Å². The van der Waals surface area contributed by atoms with Gasteiger partial charge in [0.05, 0.1) is 11.2 Å². The number of hydrogen-bond acceptors (Lipinski definition) is 3. The third-order valence-electron chi connectivity index (χ3n) is 4.71. The molecule has 2 heterocycles. The molecule has 2 N–H and O–H groups in total. The van der Waals surface area contributed by atoms with E-state index in [0.29, 0.717) is 5.92 Å². The van der Waals surface area contributed by atoms with Gasteiger partial charge in [-0.05, 0) is 17.7 Å². The first-order valence-electron chi connectivity index (χ1n) is 8.17. The van der Waals surface area contributed by atoms with Gasteiger partial charge in [-0.15, -0.1) is 0 Å². The Balaban J connectivity index is 1.51. The van der Waals surface area contributed by atoms with E-state index in [0.717, 1.165) is 30.8 Å². The average Bonchev–Trinajstić information content (AvgIpc) is 2.96. The van der Waals surface area contributed by atoms with Crippen LogP contribution in [0.25, 0.3) is 10.9 Å². The molecule has 2 aromatic carbocycles. The quantitative estimate of drug-likeness (QED) is 0.808. The molecule has 1 aliphatic heterocycles. The summed E-state index contributed by atoms with van der Waals surface area (Å²) in [6.45, 7) is 2.79. The highest BCUT2D eigenvalue weighted by atomic mass is 15.2. The molecule has 116 valence electrons. The topological polar surface area (TPSA) is 42.1 Å². The zero-order valence-corrected chi connectivity index (χ0v) is 13.1. The van der Waals surface area contributed by atoms with Crippen LogP contribution < -0.4 is 5.73 Å². The number of nitrogens with zero attached hydrogens (tertiary/aromatic N) is 2. The molecule has 1 aliphatic rings. The van der Waals surface area contributed by atoms with Gasteiger partial charge in [0.2, 0.25) is 0 Å². The summed E-state index contributed by atoms with van der Waals surface area (Å²) in [4.78, 5) is 7.20. The number of rotatable bonds is 3. The van der Waals surface area contributed by atoms with E-state index >= 15 is 0 Å². The lowest BCUT2D eigenvalue weighted by Crippen LogP contribution is -2.28. The van der Waals surface area contributed by atoms with Crippen molar-refractivity contribution in [1.82, 2.24) is 9.88 Å². The van der Waals surface area contributed by atoms with E-state index in [1.807, 2.05) is 12.1 Å². The van der Waals surface area contributed by atoms with E-state index in [2.05, 4.69) is 59.5 Å². The number of fused-ring (bicyclic) bond motifs is 1. The van der Waals surface area contributed by atoms with Crippen molar-refractivity contribution in [2.45, 2.75) is 18.5 Å². The van der Waals surface area contributed by atoms with Crippen LogP contribution >= 0.6 is 0 Å². The predicted molar refractivity (Wildman–Crippen MR) is 94.2 cm³/mol. The van der Waals surface area contributed by atoms with Crippen LogP contribution in [-0.2, 0) is 6.54 Å². The molecule has 3 heteroatoms. The maximum Gasteiger partial charge on any atom is 0.0705 e. The smallest absolute Gasteiger partial charge is 0.0705 e. The summed E-state index contributed by atoms with van der Waals surface area (Å²) in [5.74, 6) is 0.414. The van der Waals surface area contributed by atoms with E-state index in [1.165, 1.54) is 10.9 Å². The van der Waals surface area contributed by atoms with Crippen molar-refractivity contribution < 1.29 is 0 Å². The number of hydrogen-bond donors (Lipinski definition) is 1. The summed E-state index contributed by atoms with van der Waals surface area (Å²) < 4.78 is 0. The molecule has 1 fully saturated rings. The summed E-state index contributed by atoms with van der Waals surface area (Å²) in [6, 6.07) is 23.3. The standard InChI is InChI=1S/C20H21N3/c21-19-14-23(13-18(19)15-6-2-1-3-7-15)12-17-11-10-16-8-4-5-9-20(16)22-17/h1-11,18-19H,12-14,21H2/t18-,19+/m0/s1. The Labute approximate surface area is 136 Å². The number of pyridine rings is 1. The lowest BCUT2D eigenvalue weighted by molar-refractivity contribution is 0.320. The van der Waals surface area contributed by atoms with Gasteiger partial charge in [-0.2, -0.15) is 0 Å². The van der Waals surface area contributed by atoms with Gasteiger partial charge in [0.15, 0.2) is 0 Å². The molecule has 4 rings (SSSR count). The molecule has 0 amide bonds. The molecule has 0 spiro atoms. The molecule has 0 bridgehead atoms. The fraction of sp³-hybridized carbons (Fsp3) is 0.250. The van der Waals surface area contributed by atoms with Crippen LogP contribution in [-0.4, -0.2) is 29.0 Å². The van der Waals surface area contributed by atoms with E-state index in [1.54, 1.807) is 0 Å². The maximum absolute atomic E-state index is 6.38. The van der Waals surface area contributed by atoms with Crippen molar-refractivity contribution in [2.24, 2.45) is 5.73 Å². The van der Waals surface area contributed by atoms with Crippen LogP contribution in [0.2, 0.25) is 0 Å². The number of aromatic nitrogens is 1. The Morgan fingerprint density at radius 1 is 0.913 bits per heavy atom. The summed E-state index contributed by atoms with van der Waals surface area (Å²) in [6.07, 6.45) is 0. The Morgan fingerprint density at radius 3 is 2.57 bits per heavy atom. The predicted octanol–water partition coefficient (Wildman–Crippen LogP) is 3.16. The first kappa shape index (κ1) is 14.4. The van der Waals surface area contributed by atoms with Crippen molar-refractivity contribution >= 4 is 10.9 Å². The molecule has 2 atom stereocenters. The van der Waals surface area contributed by atoms with E-state index in [-0.39, 0.29) is 6.04 Å². The molecule has 23 heavy (non-hydrogen) atoms. The van der Waals surface area contributed by atoms with Crippen LogP contribution in [0.5, 0.6) is 0 Å². The minimum Gasteiger partial charge on any atom is -0.326 e. The monoisotopic (exact) mass is 303 g/mol. The van der Waals surface area contributed by atoms with E-state index in [9.17, 15) is 0 Å². The van der Waals surface area contributed by atoms with Gasteiger partial charge in [0.25, 0.3) is 0 Å². The highest BCUT2D eigenvalue weighted by molar-refractivity contribution is 5.78. The summed E-state index contributed by atoms with van der Waals surface area (Å²) in [7, 11) is 0. The van der Waals surface area contributed by atoms with Gasteiger partial charge in [0, 0.05) is 37.0 Å². The number of nitrogens with two attached hydrogens (primary N) is 1. The molecule has 1 aromatic heterocycles. The van der Waals surface area contributed by atoms with Crippen LogP contribution in [0.15, 0.2) is 66.7 Å². The van der Waals surface area contributed by atoms with E-state index in [4.69, 9.17) is 10.7 Å². The Morgan fingerprint density at radius 2 is 1.70 bits per heavy atom. The highest BCUT2D eigenvalue weighted by Crippen LogP contribution is 2.27. The van der Waals surface area contributed by atoms with Crippen molar-refractivity contribution in [3.8, 4) is 0 Å². The van der Waals surface area contributed by atoms with Gasteiger partial charge >= 0.3 is 0 Å². The molecule has 0 unspecified atom stereocenters. The summed E-state index contributed by atoms with van der Waals surface area (Å²) in [5, 5.41) is 1.19. The first-order valence-corrected chi connectivity index (χ1v) is 8.17. The third kappa shape index (κ3) is 2.98. The zero-order chi connectivity index (χ0) is 15.6. The normalized spacial score (nSPS) is 21.8. The molecule has 1 saturated heterocycles. The average molecular weight is 303 g/mol. The molecule has 0 aliphatic carbocycles. The fourth-order valence-corrected chi connectivity index (χ4v) is 3.52. The van der Waals surface area contributed by atoms with Gasteiger partial charge < -0.3 is 5.73 Å². The molecular formula is C20H21N3. The van der Waals surface area contributed by atoms with Crippen molar-refractivity contribution in [3.05, 3.63) is 78.0 Å². The number of likely N-dealkylation sites (tertiary alicyclic amines) is 1. The SMILES string of the molecule is N[C@@H]1CN(Cc2ccc3ccccc3n2)C[C@H]1c1ccccc1. The second-order valence-electron chi connectivity index (χ2n) is 6.37. The Hall–Kier alpha value is -2.23. The van der Waals surface area contributed by atoms with Gasteiger partial charge in [-0.25, -0.2) is 0 Å². The van der Waals surface area contributed by atoms with Crippen molar-refractivity contribution in [2.75, 3.05) is 13.1 Å². The maximum atomic E-state index is 6.38. The Bertz CT molecular complexity index is 800. The number of benzene rings is 2. The van der Waals surface area contributed by atoms with Crippen molar-refractivity contribution in [1.29, 1.82) is 0 Å². The van der Waals surface area contributed by atoms with Crippen LogP contribution in [0, 0.1) is 0 Å². The minimum absolute atomic E-state index is 0.192. The Kier molecular flexibility index (Phi) is 3.82. The third-order valence-corrected chi connectivity index (χ3v) is 4.71. The number of para-hydroxylation sites is 1. The summed E-state index contributed by atoms with van der Waals surface area (Å²) >= 11 is 0. The second-order valence-corrected chi connectivity index (χ2v) is 6.37. The molecule has 3 nitrogen and oxygen atoms in total. The highest BCUT2D eigenvalue weighted by Gasteiger charge is 2.31. The van der Waals surface area contributed by atoms with Gasteiger partial charge in [0.1, 0.15) is 0 Å². The van der Waals surface area contributed by atoms with Crippen LogP contribution in [0.3, 0.4) is 0 Å². The van der Waals surface area contributed by atoms with Crippen LogP contribution in [0.4, 0.5) is 0 Å². The van der Waals surface area contributed by atoms with E-state index < -0.39 is 0 Å². The van der Waals surface area contributed by atoms with Gasteiger partial charge in [-0.3, -0.25) is 9.88 Å². The lowest BCUT2D eigenvalue weighted by Gasteiger charge is -2.16. The largest absolute Gasteiger partial charge is 0.326 e. The minimum atomic E-state index is 0.192. The lowest BCUT2D eigenvalue weighted by atomic mass is 9.95. The molecule has 0 saturated carbocycles. The van der Waals surface area contributed by atoms with Gasteiger partial charge in [-0.1, -0.05) is 54.6 Å². The second kappa shape index (κ2) is 6.11. The first-order chi connectivity index (χ1) is 11.3. The molecule has 0 radical (unpaired) electrons. The summed E-state index contributed by atoms with van der Waals surface area (Å²) in [5.41, 5.74) is 9.90. The molecular weight excluding hydrogens is 282 g/mol. The molecule has 3 aromatic rings. The van der Waals surface area contributed by atoms with Crippen molar-refractivity contribution in [3.63, 3.8) is 0 Å². The zero-order valence-electron chi connectivity index (χ0n) is 13.1. The fourth-order valence-electron chi connectivity index (χ4n) is 3.52.